The van der Waals surface area contributed by atoms with E-state index < -0.39 is 5.97 Å². The number of anilines is 1. The minimum absolute atomic E-state index is 0.0373. The molecular formula is C7H9N3O3. The van der Waals surface area contributed by atoms with Gasteiger partial charge in [-0.15, -0.1) is 0 Å². The number of hydrogen-bond acceptors (Lipinski definition) is 4. The number of hydrogen-bond donors (Lipinski definition) is 2. The van der Waals surface area contributed by atoms with E-state index in [4.69, 9.17) is 9.84 Å². The van der Waals surface area contributed by atoms with Crippen molar-refractivity contribution in [1.29, 1.82) is 0 Å². The molecule has 0 bridgehead atoms. The molecule has 1 aliphatic heterocycles. The Kier molecular flexibility index (Phi) is 1.61. The maximum Gasteiger partial charge on any atom is 0.360 e. The van der Waals surface area contributed by atoms with Crippen LogP contribution in [0.2, 0.25) is 0 Å². The summed E-state index contributed by atoms with van der Waals surface area (Å²) in [7, 11) is 1.67. The van der Waals surface area contributed by atoms with Gasteiger partial charge in [-0.2, -0.15) is 5.10 Å². The fourth-order valence-corrected chi connectivity index (χ4v) is 1.30. The second-order valence-electron chi connectivity index (χ2n) is 2.73. The summed E-state index contributed by atoms with van der Waals surface area (Å²) < 4.78 is 6.68. The average Bonchev–Trinajstić information content (AvgIpc) is 2.45. The van der Waals surface area contributed by atoms with Crippen LogP contribution in [0.15, 0.2) is 0 Å². The van der Waals surface area contributed by atoms with Crippen LogP contribution in [0.3, 0.4) is 0 Å². The van der Waals surface area contributed by atoms with Crippen LogP contribution < -0.4 is 10.1 Å². The van der Waals surface area contributed by atoms with Crippen molar-refractivity contribution in [3.8, 4) is 5.75 Å². The Morgan fingerprint density at radius 1 is 1.77 bits per heavy atom. The summed E-state index contributed by atoms with van der Waals surface area (Å²) in [5, 5.41) is 15.6. The lowest BCUT2D eigenvalue weighted by Gasteiger charge is -2.15. The Morgan fingerprint density at radius 2 is 2.54 bits per heavy atom. The van der Waals surface area contributed by atoms with Crippen molar-refractivity contribution < 1.29 is 14.6 Å². The number of carboxylic acids is 1. The van der Waals surface area contributed by atoms with Gasteiger partial charge in [0, 0.05) is 7.05 Å². The van der Waals surface area contributed by atoms with E-state index in [9.17, 15) is 4.79 Å². The Hall–Kier alpha value is -1.72. The molecule has 0 radical (unpaired) electrons. The zero-order valence-corrected chi connectivity index (χ0v) is 7.07. The van der Waals surface area contributed by atoms with Gasteiger partial charge in [0.25, 0.3) is 0 Å². The number of ether oxygens (including phenoxy) is 1. The van der Waals surface area contributed by atoms with E-state index in [2.05, 4.69) is 10.4 Å². The molecule has 6 heteroatoms. The first-order valence-corrected chi connectivity index (χ1v) is 3.87. The highest BCUT2D eigenvalue weighted by Gasteiger charge is 2.24. The molecule has 0 saturated heterocycles. The summed E-state index contributed by atoms with van der Waals surface area (Å²) in [6.45, 7) is 1.14. The number of aryl methyl sites for hydroxylation is 1. The van der Waals surface area contributed by atoms with Crippen LogP contribution in [-0.4, -0.2) is 34.0 Å². The van der Waals surface area contributed by atoms with E-state index in [1.807, 2.05) is 0 Å². The number of aromatic nitrogens is 2. The predicted octanol–water partition coefficient (Wildman–Crippen LogP) is -0.0774. The highest BCUT2D eigenvalue weighted by molar-refractivity contribution is 5.91. The van der Waals surface area contributed by atoms with Crippen LogP contribution in [0, 0.1) is 0 Å². The van der Waals surface area contributed by atoms with Gasteiger partial charge < -0.3 is 15.2 Å². The van der Waals surface area contributed by atoms with Gasteiger partial charge in [0.1, 0.15) is 6.61 Å². The minimum atomic E-state index is -1.07. The number of nitrogens with one attached hydrogen (secondary N) is 1. The largest absolute Gasteiger partial charge is 0.485 e. The van der Waals surface area contributed by atoms with Crippen molar-refractivity contribution in [1.82, 2.24) is 9.78 Å². The van der Waals surface area contributed by atoms with Gasteiger partial charge in [0.05, 0.1) is 6.54 Å². The van der Waals surface area contributed by atoms with E-state index in [1.54, 1.807) is 7.05 Å². The van der Waals surface area contributed by atoms with E-state index in [0.717, 1.165) is 0 Å². The number of rotatable bonds is 1. The van der Waals surface area contributed by atoms with Crippen LogP contribution in [0.25, 0.3) is 0 Å². The van der Waals surface area contributed by atoms with Gasteiger partial charge in [-0.05, 0) is 0 Å². The Morgan fingerprint density at radius 3 is 3.23 bits per heavy atom. The number of carbonyl (C=O) groups is 1. The van der Waals surface area contributed by atoms with Gasteiger partial charge in [-0.25, -0.2) is 9.48 Å². The predicted molar refractivity (Wildman–Crippen MR) is 44.2 cm³/mol. The van der Waals surface area contributed by atoms with Crippen molar-refractivity contribution in [3.05, 3.63) is 5.69 Å². The minimum Gasteiger partial charge on any atom is -0.485 e. The summed E-state index contributed by atoms with van der Waals surface area (Å²) in [5.74, 6) is -0.106. The van der Waals surface area contributed by atoms with Crippen molar-refractivity contribution in [2.24, 2.45) is 7.05 Å². The van der Waals surface area contributed by atoms with Crippen molar-refractivity contribution in [3.63, 3.8) is 0 Å². The first-order valence-electron chi connectivity index (χ1n) is 3.87. The van der Waals surface area contributed by atoms with E-state index in [0.29, 0.717) is 24.7 Å². The molecule has 2 N–H and O–H groups in total. The molecule has 2 heterocycles. The molecule has 0 unspecified atom stereocenters. The molecule has 6 nitrogen and oxygen atoms in total. The molecule has 13 heavy (non-hydrogen) atoms. The zero-order chi connectivity index (χ0) is 9.42. The molecule has 2 rings (SSSR count). The molecule has 0 amide bonds. The van der Waals surface area contributed by atoms with Crippen LogP contribution in [0.5, 0.6) is 5.75 Å². The molecule has 0 atom stereocenters. The van der Waals surface area contributed by atoms with Crippen LogP contribution in [0.4, 0.5) is 5.82 Å². The molecule has 0 aromatic carbocycles. The molecule has 0 spiro atoms. The highest BCUT2D eigenvalue weighted by atomic mass is 16.5. The number of aromatic carboxylic acids is 1. The third-order valence-corrected chi connectivity index (χ3v) is 1.85. The maximum absolute atomic E-state index is 10.7. The third kappa shape index (κ3) is 1.10. The lowest BCUT2D eigenvalue weighted by Crippen LogP contribution is -2.19. The zero-order valence-electron chi connectivity index (χ0n) is 7.07. The molecule has 1 aliphatic rings. The van der Waals surface area contributed by atoms with Crippen molar-refractivity contribution >= 4 is 11.8 Å². The summed E-state index contributed by atoms with van der Waals surface area (Å²) in [5.41, 5.74) is -0.0373. The monoisotopic (exact) mass is 183 g/mol. The lowest BCUT2D eigenvalue weighted by molar-refractivity contribution is 0.0685. The van der Waals surface area contributed by atoms with Gasteiger partial charge in [0.2, 0.25) is 5.69 Å². The molecular weight excluding hydrogens is 174 g/mol. The van der Waals surface area contributed by atoms with Crippen LogP contribution >= 0.6 is 0 Å². The number of fused-ring (bicyclic) bond motifs is 1. The summed E-state index contributed by atoms with van der Waals surface area (Å²) in [6, 6.07) is 0. The first kappa shape index (κ1) is 7.90. The van der Waals surface area contributed by atoms with Gasteiger partial charge >= 0.3 is 5.97 Å². The second kappa shape index (κ2) is 2.65. The van der Waals surface area contributed by atoms with Crippen LogP contribution in [-0.2, 0) is 7.05 Å². The number of nitrogens with zero attached hydrogens (tertiary/aromatic N) is 2. The van der Waals surface area contributed by atoms with Gasteiger partial charge in [0.15, 0.2) is 11.6 Å². The van der Waals surface area contributed by atoms with Crippen molar-refractivity contribution in [2.75, 3.05) is 18.5 Å². The van der Waals surface area contributed by atoms with Gasteiger partial charge in [-0.1, -0.05) is 0 Å². The van der Waals surface area contributed by atoms with E-state index in [-0.39, 0.29) is 5.69 Å². The van der Waals surface area contributed by atoms with Crippen molar-refractivity contribution in [2.45, 2.75) is 0 Å². The topological polar surface area (TPSA) is 76.4 Å². The molecule has 70 valence electrons. The molecule has 0 fully saturated rings. The molecule has 1 aromatic rings. The second-order valence-corrected chi connectivity index (χ2v) is 2.73. The molecule has 0 saturated carbocycles. The Labute approximate surface area is 74.1 Å². The van der Waals surface area contributed by atoms with E-state index in [1.165, 1.54) is 4.68 Å². The average molecular weight is 183 g/mol. The normalized spacial score (nSPS) is 14.2. The summed E-state index contributed by atoms with van der Waals surface area (Å²) >= 11 is 0. The Bertz CT molecular complexity index is 358. The molecule has 0 aliphatic carbocycles. The highest BCUT2D eigenvalue weighted by Crippen LogP contribution is 2.30. The third-order valence-electron chi connectivity index (χ3n) is 1.85. The maximum atomic E-state index is 10.7. The first-order chi connectivity index (χ1) is 6.20. The quantitative estimate of drug-likeness (QED) is 0.637. The van der Waals surface area contributed by atoms with Gasteiger partial charge in [-0.3, -0.25) is 0 Å². The summed E-state index contributed by atoms with van der Waals surface area (Å²) in [6.07, 6.45) is 0. The number of carboxylic acid groups (broad SMARTS) is 1. The smallest absolute Gasteiger partial charge is 0.360 e. The van der Waals surface area contributed by atoms with E-state index >= 15 is 0 Å². The molecule has 1 aromatic heterocycles. The summed E-state index contributed by atoms with van der Waals surface area (Å²) in [4.78, 5) is 10.7. The SMILES string of the molecule is Cn1nc(C(=O)O)c2c1NCCO2. The fourth-order valence-electron chi connectivity index (χ4n) is 1.30. The Balaban J connectivity index is 2.53. The lowest BCUT2D eigenvalue weighted by atomic mass is 10.3. The van der Waals surface area contributed by atoms with Crippen LogP contribution in [0.1, 0.15) is 10.5 Å². The fraction of sp³-hybridized carbons (Fsp3) is 0.429. The standard InChI is InChI=1S/C7H9N3O3/c1-10-6-5(13-3-2-8-6)4(9-10)7(11)12/h8H,2-3H2,1H3,(H,11,12).